The Hall–Kier alpha value is -3.82. The Morgan fingerprint density at radius 1 is 0.788 bits per heavy atom. The minimum atomic E-state index is 0.00305. The minimum absolute atomic E-state index is 0.00305. The van der Waals surface area contributed by atoms with Crippen molar-refractivity contribution >= 4 is 21.5 Å². The highest BCUT2D eigenvalue weighted by atomic mass is 16.5. The molecule has 0 saturated carbocycles. The van der Waals surface area contributed by atoms with Crippen molar-refractivity contribution in [3.63, 3.8) is 0 Å². The summed E-state index contributed by atoms with van der Waals surface area (Å²) in [6.45, 7) is 2.75. The second kappa shape index (κ2) is 7.95. The van der Waals surface area contributed by atoms with Crippen molar-refractivity contribution in [1.29, 1.82) is 0 Å². The first kappa shape index (κ1) is 19.8. The molecule has 5 aromatic carbocycles. The van der Waals surface area contributed by atoms with Crippen LogP contribution in [0.4, 0.5) is 0 Å². The van der Waals surface area contributed by atoms with E-state index in [9.17, 15) is 5.11 Å². The van der Waals surface area contributed by atoms with Gasteiger partial charge in [0.05, 0.1) is 6.04 Å². The molecular weight excluding hydrogens is 406 g/mol. The second-order valence-corrected chi connectivity index (χ2v) is 8.73. The molecule has 0 saturated heterocycles. The number of hydrogen-bond acceptors (Lipinski definition) is 3. The summed E-state index contributed by atoms with van der Waals surface area (Å²) in [6.07, 6.45) is 0. The second-order valence-electron chi connectivity index (χ2n) is 8.73. The van der Waals surface area contributed by atoms with Gasteiger partial charge in [-0.05, 0) is 57.8 Å². The number of benzene rings is 5. The van der Waals surface area contributed by atoms with Gasteiger partial charge in [0.25, 0.3) is 0 Å². The van der Waals surface area contributed by atoms with Gasteiger partial charge in [-0.15, -0.1) is 0 Å². The number of phenolic OH excluding ortho intramolecular Hbond substituents is 1. The molecule has 2 atom stereocenters. The van der Waals surface area contributed by atoms with E-state index < -0.39 is 0 Å². The Kier molecular flexibility index (Phi) is 4.78. The van der Waals surface area contributed by atoms with Crippen molar-refractivity contribution in [2.45, 2.75) is 19.0 Å². The summed E-state index contributed by atoms with van der Waals surface area (Å²) in [4.78, 5) is 2.44. The smallest absolute Gasteiger partial charge is 0.143 e. The molecule has 0 fully saturated rings. The average molecular weight is 432 g/mol. The molecule has 3 heteroatoms. The van der Waals surface area contributed by atoms with Crippen molar-refractivity contribution in [3.8, 4) is 11.5 Å². The first-order valence-corrected chi connectivity index (χ1v) is 11.4. The lowest BCUT2D eigenvalue weighted by molar-refractivity contribution is 0.0416. The van der Waals surface area contributed by atoms with Crippen LogP contribution in [0.2, 0.25) is 0 Å². The monoisotopic (exact) mass is 431 g/mol. The van der Waals surface area contributed by atoms with Crippen molar-refractivity contribution in [3.05, 3.63) is 120 Å². The highest BCUT2D eigenvalue weighted by Gasteiger charge is 2.35. The summed E-state index contributed by atoms with van der Waals surface area (Å²) in [5, 5.41) is 14.7. The molecule has 0 bridgehead atoms. The van der Waals surface area contributed by atoms with E-state index in [1.807, 2.05) is 24.3 Å². The van der Waals surface area contributed by atoms with Crippen molar-refractivity contribution < 1.29 is 9.84 Å². The van der Waals surface area contributed by atoms with Crippen LogP contribution in [-0.4, -0.2) is 16.7 Å². The fraction of sp³-hybridized carbons (Fsp3) is 0.133. The molecule has 0 aliphatic carbocycles. The van der Waals surface area contributed by atoms with Crippen LogP contribution in [-0.2, 0) is 0 Å². The van der Waals surface area contributed by atoms with Gasteiger partial charge < -0.3 is 9.84 Å². The Labute approximate surface area is 193 Å². The fourth-order valence-corrected chi connectivity index (χ4v) is 5.20. The van der Waals surface area contributed by atoms with E-state index in [0.29, 0.717) is 6.73 Å². The Morgan fingerprint density at radius 3 is 2.45 bits per heavy atom. The molecule has 3 nitrogen and oxygen atoms in total. The maximum Gasteiger partial charge on any atom is 0.143 e. The van der Waals surface area contributed by atoms with Gasteiger partial charge in [-0.3, -0.25) is 4.90 Å². The molecule has 33 heavy (non-hydrogen) atoms. The fourth-order valence-electron chi connectivity index (χ4n) is 5.20. The first-order chi connectivity index (χ1) is 16.2. The zero-order chi connectivity index (χ0) is 22.4. The van der Waals surface area contributed by atoms with Gasteiger partial charge in [0.15, 0.2) is 0 Å². The molecular formula is C30H25NO2. The van der Waals surface area contributed by atoms with Gasteiger partial charge >= 0.3 is 0 Å². The van der Waals surface area contributed by atoms with Crippen molar-refractivity contribution in [2.75, 3.05) is 6.73 Å². The predicted octanol–water partition coefficient (Wildman–Crippen LogP) is 7.20. The van der Waals surface area contributed by atoms with E-state index in [1.54, 1.807) is 6.07 Å². The number of phenols is 1. The SMILES string of the molecule is C[C@@H](c1ccccc1)N1COc2ccc3cc(O)ccc3c2[C@@H]1c1cccc2ccccc12. The van der Waals surface area contributed by atoms with Gasteiger partial charge in [-0.25, -0.2) is 0 Å². The van der Waals surface area contributed by atoms with E-state index in [1.165, 1.54) is 21.9 Å². The zero-order valence-electron chi connectivity index (χ0n) is 18.5. The van der Waals surface area contributed by atoms with Gasteiger partial charge in [-0.2, -0.15) is 0 Å². The molecule has 1 aliphatic rings. The number of fused-ring (bicyclic) bond motifs is 4. The van der Waals surface area contributed by atoms with Gasteiger partial charge in [0.2, 0.25) is 0 Å². The van der Waals surface area contributed by atoms with Gasteiger partial charge in [-0.1, -0.05) is 84.9 Å². The average Bonchev–Trinajstić information content (AvgIpc) is 2.87. The summed E-state index contributed by atoms with van der Waals surface area (Å²) in [7, 11) is 0. The van der Waals surface area contributed by atoms with E-state index in [0.717, 1.165) is 22.1 Å². The number of rotatable bonds is 3. The molecule has 1 aliphatic heterocycles. The summed E-state index contributed by atoms with van der Waals surface area (Å²) in [5.41, 5.74) is 3.67. The van der Waals surface area contributed by atoms with Crippen molar-refractivity contribution in [1.82, 2.24) is 4.90 Å². The molecule has 162 valence electrons. The molecule has 5 aromatic rings. The lowest BCUT2D eigenvalue weighted by atomic mass is 9.87. The van der Waals surface area contributed by atoms with Gasteiger partial charge in [0.1, 0.15) is 18.2 Å². The van der Waals surface area contributed by atoms with E-state index in [-0.39, 0.29) is 17.8 Å². The molecule has 0 unspecified atom stereocenters. The quantitative estimate of drug-likeness (QED) is 0.328. The van der Waals surface area contributed by atoms with Crippen LogP contribution in [0.15, 0.2) is 103 Å². The number of ether oxygens (including phenoxy) is 1. The van der Waals surface area contributed by atoms with E-state index >= 15 is 0 Å². The highest BCUT2D eigenvalue weighted by Crippen LogP contribution is 2.47. The van der Waals surface area contributed by atoms with Gasteiger partial charge in [0, 0.05) is 11.6 Å². The van der Waals surface area contributed by atoms with E-state index in [2.05, 4.69) is 84.6 Å². The first-order valence-electron chi connectivity index (χ1n) is 11.4. The normalized spacial score (nSPS) is 16.9. The minimum Gasteiger partial charge on any atom is -0.508 e. The summed E-state index contributed by atoms with van der Waals surface area (Å²) in [6, 6.07) is 35.6. The summed E-state index contributed by atoms with van der Waals surface area (Å²) < 4.78 is 6.34. The molecule has 1 N–H and O–H groups in total. The van der Waals surface area contributed by atoms with Crippen LogP contribution in [0.25, 0.3) is 21.5 Å². The molecule has 0 aromatic heterocycles. The number of aromatic hydroxyl groups is 1. The zero-order valence-corrected chi connectivity index (χ0v) is 18.5. The predicted molar refractivity (Wildman–Crippen MR) is 134 cm³/mol. The molecule has 6 rings (SSSR count). The molecule has 0 radical (unpaired) electrons. The number of nitrogens with zero attached hydrogens (tertiary/aromatic N) is 1. The Morgan fingerprint density at radius 2 is 1.58 bits per heavy atom. The Bertz CT molecular complexity index is 1460. The third-order valence-electron chi connectivity index (χ3n) is 6.88. The summed E-state index contributed by atoms with van der Waals surface area (Å²) in [5.74, 6) is 1.18. The molecule has 0 spiro atoms. The van der Waals surface area contributed by atoms with Crippen LogP contribution in [0, 0.1) is 0 Å². The van der Waals surface area contributed by atoms with Crippen LogP contribution in [0.3, 0.4) is 0 Å². The number of hydrogen-bond donors (Lipinski definition) is 1. The van der Waals surface area contributed by atoms with Crippen LogP contribution in [0.5, 0.6) is 11.5 Å². The van der Waals surface area contributed by atoms with Crippen LogP contribution < -0.4 is 4.74 Å². The van der Waals surface area contributed by atoms with Crippen LogP contribution >= 0.6 is 0 Å². The third-order valence-corrected chi connectivity index (χ3v) is 6.88. The van der Waals surface area contributed by atoms with Crippen molar-refractivity contribution in [2.24, 2.45) is 0 Å². The molecule has 0 amide bonds. The lowest BCUT2D eigenvalue weighted by Crippen LogP contribution is -2.39. The topological polar surface area (TPSA) is 32.7 Å². The van der Waals surface area contributed by atoms with Crippen LogP contribution in [0.1, 0.15) is 35.7 Å². The maximum absolute atomic E-state index is 10.1. The largest absolute Gasteiger partial charge is 0.508 e. The van der Waals surface area contributed by atoms with E-state index in [4.69, 9.17) is 4.74 Å². The molecule has 1 heterocycles. The highest BCUT2D eigenvalue weighted by molar-refractivity contribution is 5.92. The Balaban J connectivity index is 1.63. The third kappa shape index (κ3) is 3.33. The maximum atomic E-state index is 10.1. The lowest BCUT2D eigenvalue weighted by Gasteiger charge is -2.42. The summed E-state index contributed by atoms with van der Waals surface area (Å²) >= 11 is 0. The standard InChI is InChI=1S/C30H25NO2/c1-20(21-8-3-2-4-9-21)31-19-33-28-17-14-23-18-24(32)15-16-26(23)29(28)30(31)27-13-7-11-22-10-5-6-12-25(22)27/h2-18,20,30,32H,19H2,1H3/t20-,30-/m0/s1.